The molecule has 1 aromatic carbocycles. The van der Waals surface area contributed by atoms with Gasteiger partial charge in [0.05, 0.1) is 17.2 Å². The number of ether oxygens (including phenoxy) is 3. The summed E-state index contributed by atoms with van der Waals surface area (Å²) in [5, 5.41) is -0.169. The van der Waals surface area contributed by atoms with Crippen LogP contribution in [0.5, 0.6) is 5.75 Å². The molecule has 0 aliphatic carbocycles. The Morgan fingerprint density at radius 1 is 1.20 bits per heavy atom. The minimum atomic E-state index is -0.788. The van der Waals surface area contributed by atoms with Crippen molar-refractivity contribution in [2.24, 2.45) is 0 Å². The molecule has 0 bridgehead atoms. The van der Waals surface area contributed by atoms with Gasteiger partial charge in [0.25, 0.3) is 0 Å². The van der Waals surface area contributed by atoms with Crippen LogP contribution >= 0.6 is 35.0 Å². The number of thioether (sulfide) groups is 1. The van der Waals surface area contributed by atoms with Crippen molar-refractivity contribution in [1.82, 2.24) is 0 Å². The maximum Gasteiger partial charge on any atom is 0.370 e. The lowest BCUT2D eigenvalue weighted by Crippen LogP contribution is -2.12. The third-order valence-electron chi connectivity index (χ3n) is 2.10. The second kappa shape index (κ2) is 8.24. The van der Waals surface area contributed by atoms with E-state index in [-0.39, 0.29) is 21.4 Å². The van der Waals surface area contributed by atoms with Crippen LogP contribution in [-0.2, 0) is 9.47 Å². The Bertz CT molecular complexity index is 507. The summed E-state index contributed by atoms with van der Waals surface area (Å²) in [6, 6.07) is 2.94. The average Bonchev–Trinajstić information content (AvgIpc) is 2.41. The van der Waals surface area contributed by atoms with Crippen LogP contribution in [0.2, 0.25) is 10.0 Å². The van der Waals surface area contributed by atoms with Crippen molar-refractivity contribution in [3.63, 3.8) is 0 Å². The summed E-state index contributed by atoms with van der Waals surface area (Å²) < 4.78 is 14.5. The standard InChI is InChI=1S/C12H12Cl2O5S/c1-3-20-12(16)19-6-18-11(15)9-7(13)4-5-8(14)10(9)17-2/h4-5H,3,6H2,1-2H3. The SMILES string of the molecule is CCSC(=O)OCOC(=O)c1c(Cl)ccc(Cl)c1OC. The number of rotatable bonds is 5. The highest BCUT2D eigenvalue weighted by Gasteiger charge is 2.21. The van der Waals surface area contributed by atoms with E-state index in [4.69, 9.17) is 32.7 Å². The third-order valence-corrected chi connectivity index (χ3v) is 3.35. The van der Waals surface area contributed by atoms with Crippen molar-refractivity contribution in [1.29, 1.82) is 0 Å². The molecule has 0 atom stereocenters. The van der Waals surface area contributed by atoms with Crippen molar-refractivity contribution in [2.75, 3.05) is 19.7 Å². The van der Waals surface area contributed by atoms with Crippen molar-refractivity contribution < 1.29 is 23.8 Å². The molecule has 0 aliphatic heterocycles. The van der Waals surface area contributed by atoms with E-state index >= 15 is 0 Å². The quantitative estimate of drug-likeness (QED) is 0.597. The molecule has 0 aliphatic rings. The van der Waals surface area contributed by atoms with Gasteiger partial charge in [0.2, 0.25) is 6.79 Å². The van der Waals surface area contributed by atoms with Crippen LogP contribution in [-0.4, -0.2) is 30.9 Å². The van der Waals surface area contributed by atoms with Gasteiger partial charge in [-0.15, -0.1) is 0 Å². The van der Waals surface area contributed by atoms with Gasteiger partial charge in [0.1, 0.15) is 5.56 Å². The number of hydrogen-bond acceptors (Lipinski definition) is 6. The Labute approximate surface area is 130 Å². The summed E-state index contributed by atoms with van der Waals surface area (Å²) >= 11 is 12.8. The molecular weight excluding hydrogens is 327 g/mol. The highest BCUT2D eigenvalue weighted by Crippen LogP contribution is 2.34. The Hall–Kier alpha value is -1.11. The van der Waals surface area contributed by atoms with Crippen LogP contribution in [0.3, 0.4) is 0 Å². The Kier molecular flexibility index (Phi) is 6.98. The number of benzene rings is 1. The zero-order valence-corrected chi connectivity index (χ0v) is 13.1. The van der Waals surface area contributed by atoms with Gasteiger partial charge in [-0.1, -0.05) is 30.1 Å². The second-order valence-corrected chi connectivity index (χ2v) is 5.33. The lowest BCUT2D eigenvalue weighted by molar-refractivity contribution is 0.00386. The predicted molar refractivity (Wildman–Crippen MR) is 77.9 cm³/mol. The molecule has 0 saturated heterocycles. The highest BCUT2D eigenvalue weighted by atomic mass is 35.5. The number of carbonyl (C=O) groups is 2. The fraction of sp³-hybridized carbons (Fsp3) is 0.333. The van der Waals surface area contributed by atoms with E-state index in [2.05, 4.69) is 4.74 Å². The molecule has 0 aromatic heterocycles. The molecule has 0 amide bonds. The van der Waals surface area contributed by atoms with E-state index < -0.39 is 18.1 Å². The fourth-order valence-corrected chi connectivity index (χ4v) is 2.11. The van der Waals surface area contributed by atoms with Gasteiger partial charge in [0, 0.05) is 5.75 Å². The number of methoxy groups -OCH3 is 1. The van der Waals surface area contributed by atoms with Crippen LogP contribution in [0.1, 0.15) is 17.3 Å². The zero-order valence-electron chi connectivity index (χ0n) is 10.8. The van der Waals surface area contributed by atoms with Gasteiger partial charge in [-0.2, -0.15) is 0 Å². The summed E-state index contributed by atoms with van der Waals surface area (Å²) in [5.74, 6) is -0.108. The van der Waals surface area contributed by atoms with E-state index in [9.17, 15) is 9.59 Å². The van der Waals surface area contributed by atoms with Gasteiger partial charge in [-0.3, -0.25) is 0 Å². The minimum Gasteiger partial charge on any atom is -0.494 e. The lowest BCUT2D eigenvalue weighted by Gasteiger charge is -2.11. The molecule has 0 fully saturated rings. The molecule has 0 saturated carbocycles. The van der Waals surface area contributed by atoms with Gasteiger partial charge < -0.3 is 14.2 Å². The first-order valence-electron chi connectivity index (χ1n) is 5.49. The van der Waals surface area contributed by atoms with Crippen LogP contribution in [0.25, 0.3) is 0 Å². The van der Waals surface area contributed by atoms with E-state index in [0.717, 1.165) is 11.8 Å². The van der Waals surface area contributed by atoms with Crippen LogP contribution in [0, 0.1) is 0 Å². The van der Waals surface area contributed by atoms with Crippen molar-refractivity contribution in [3.8, 4) is 5.75 Å². The molecule has 0 spiro atoms. The molecule has 8 heteroatoms. The number of carbonyl (C=O) groups excluding carboxylic acids is 2. The smallest absolute Gasteiger partial charge is 0.370 e. The first kappa shape index (κ1) is 16.9. The molecule has 0 N–H and O–H groups in total. The average molecular weight is 339 g/mol. The van der Waals surface area contributed by atoms with E-state index in [1.165, 1.54) is 19.2 Å². The summed E-state index contributed by atoms with van der Waals surface area (Å²) in [4.78, 5) is 23.0. The molecule has 0 heterocycles. The number of esters is 1. The fourth-order valence-electron chi connectivity index (χ4n) is 1.29. The topological polar surface area (TPSA) is 61.8 Å². The summed E-state index contributed by atoms with van der Waals surface area (Å²) in [7, 11) is 1.35. The Morgan fingerprint density at radius 3 is 2.45 bits per heavy atom. The second-order valence-electron chi connectivity index (χ2n) is 3.31. The van der Waals surface area contributed by atoms with E-state index in [0.29, 0.717) is 5.75 Å². The van der Waals surface area contributed by atoms with E-state index in [1.807, 2.05) is 0 Å². The van der Waals surface area contributed by atoms with Crippen molar-refractivity contribution in [3.05, 3.63) is 27.7 Å². The first-order valence-corrected chi connectivity index (χ1v) is 7.24. The molecule has 20 heavy (non-hydrogen) atoms. The molecule has 1 aromatic rings. The number of halogens is 2. The summed E-state index contributed by atoms with van der Waals surface area (Å²) in [6.07, 6.45) is 0. The highest BCUT2D eigenvalue weighted by molar-refractivity contribution is 8.13. The molecular formula is C12H12Cl2O5S. The van der Waals surface area contributed by atoms with Crippen molar-refractivity contribution >= 4 is 46.2 Å². The largest absolute Gasteiger partial charge is 0.494 e. The Morgan fingerprint density at radius 2 is 1.85 bits per heavy atom. The Balaban J connectivity index is 2.73. The molecule has 5 nitrogen and oxygen atoms in total. The van der Waals surface area contributed by atoms with Crippen LogP contribution in [0.4, 0.5) is 4.79 Å². The van der Waals surface area contributed by atoms with Crippen LogP contribution in [0.15, 0.2) is 12.1 Å². The summed E-state index contributed by atoms with van der Waals surface area (Å²) in [5.41, 5.74) is -0.0131. The first-order chi connectivity index (χ1) is 9.51. The molecule has 0 radical (unpaired) electrons. The molecule has 110 valence electrons. The lowest BCUT2D eigenvalue weighted by atomic mass is 10.2. The molecule has 1 rings (SSSR count). The van der Waals surface area contributed by atoms with Gasteiger partial charge >= 0.3 is 11.3 Å². The van der Waals surface area contributed by atoms with Gasteiger partial charge in [-0.25, -0.2) is 9.59 Å². The van der Waals surface area contributed by atoms with Gasteiger partial charge in [-0.05, 0) is 23.9 Å². The van der Waals surface area contributed by atoms with Crippen molar-refractivity contribution in [2.45, 2.75) is 6.92 Å². The maximum absolute atomic E-state index is 11.9. The maximum atomic E-state index is 11.9. The monoisotopic (exact) mass is 338 g/mol. The van der Waals surface area contributed by atoms with Crippen LogP contribution < -0.4 is 4.74 Å². The van der Waals surface area contributed by atoms with E-state index in [1.54, 1.807) is 6.92 Å². The van der Waals surface area contributed by atoms with Gasteiger partial charge in [0.15, 0.2) is 5.75 Å². The zero-order chi connectivity index (χ0) is 15.1. The number of hydrogen-bond donors (Lipinski definition) is 0. The summed E-state index contributed by atoms with van der Waals surface area (Å²) in [6.45, 7) is 1.30. The predicted octanol–water partition coefficient (Wildman–Crippen LogP) is 4.01. The molecule has 0 unspecified atom stereocenters. The third kappa shape index (κ3) is 4.47. The minimum absolute atomic E-state index is 0.0131. The normalized spacial score (nSPS) is 10.0.